The van der Waals surface area contributed by atoms with Gasteiger partial charge in [0.1, 0.15) is 18.0 Å². The van der Waals surface area contributed by atoms with Gasteiger partial charge in [-0.25, -0.2) is 0 Å². The lowest BCUT2D eigenvalue weighted by atomic mass is 10.2. The number of nitrogens with zero attached hydrogens (tertiary/aromatic N) is 2. The van der Waals surface area contributed by atoms with Crippen molar-refractivity contribution in [1.29, 1.82) is 0 Å². The summed E-state index contributed by atoms with van der Waals surface area (Å²) in [6.45, 7) is 4.11. The monoisotopic (exact) mass is 525 g/mol. The fraction of sp³-hybridized carbons (Fsp3) is 0.308. The largest absolute Gasteiger partial charge is 0.494 e. The van der Waals surface area contributed by atoms with Crippen LogP contribution >= 0.6 is 11.8 Å². The number of nitrogens with one attached hydrogen (secondary N) is 1. The van der Waals surface area contributed by atoms with Crippen LogP contribution in [0.5, 0.6) is 11.5 Å². The Balaban J connectivity index is 1.29. The number of amides is 4. The third-order valence-electron chi connectivity index (χ3n) is 5.53. The molecule has 0 aliphatic carbocycles. The summed E-state index contributed by atoms with van der Waals surface area (Å²) in [4.78, 5) is 52.6. The molecule has 4 rings (SSSR count). The number of hydrogen-bond donors (Lipinski definition) is 1. The topological polar surface area (TPSA) is 114 Å². The van der Waals surface area contributed by atoms with Crippen molar-refractivity contribution in [2.45, 2.75) is 6.92 Å². The molecule has 0 spiro atoms. The number of morpholine rings is 1. The minimum absolute atomic E-state index is 0.0725. The van der Waals surface area contributed by atoms with Crippen LogP contribution in [0.1, 0.15) is 12.5 Å². The molecule has 37 heavy (non-hydrogen) atoms. The smallest absolute Gasteiger partial charge is 0.294 e. The van der Waals surface area contributed by atoms with Crippen LogP contribution in [0.4, 0.5) is 10.5 Å². The number of thioether (sulfide) groups is 1. The molecule has 1 N–H and O–H groups in total. The predicted molar refractivity (Wildman–Crippen MR) is 138 cm³/mol. The van der Waals surface area contributed by atoms with E-state index < -0.39 is 17.1 Å². The maximum Gasteiger partial charge on any atom is 0.294 e. The maximum atomic E-state index is 12.8. The lowest BCUT2D eigenvalue weighted by molar-refractivity contribution is -0.137. The second kappa shape index (κ2) is 12.4. The minimum atomic E-state index is -0.534. The fourth-order valence-corrected chi connectivity index (χ4v) is 4.48. The molecule has 10 nitrogen and oxygen atoms in total. The van der Waals surface area contributed by atoms with Crippen molar-refractivity contribution < 1.29 is 33.4 Å². The molecule has 2 saturated heterocycles. The second-order valence-electron chi connectivity index (χ2n) is 8.12. The van der Waals surface area contributed by atoms with Gasteiger partial charge in [-0.2, -0.15) is 0 Å². The van der Waals surface area contributed by atoms with Gasteiger partial charge in [0.05, 0.1) is 24.7 Å². The highest BCUT2D eigenvalue weighted by Gasteiger charge is 2.36. The number of imide groups is 1. The molecule has 0 radical (unpaired) electrons. The van der Waals surface area contributed by atoms with E-state index in [0.717, 1.165) is 16.7 Å². The molecule has 2 aromatic carbocycles. The number of carbonyl (C=O) groups is 4. The van der Waals surface area contributed by atoms with E-state index in [9.17, 15) is 19.2 Å². The first-order valence-corrected chi connectivity index (χ1v) is 12.6. The average molecular weight is 526 g/mol. The Morgan fingerprint density at radius 2 is 1.65 bits per heavy atom. The van der Waals surface area contributed by atoms with Crippen molar-refractivity contribution in [3.05, 3.63) is 59.0 Å². The van der Waals surface area contributed by atoms with E-state index in [4.69, 9.17) is 14.2 Å². The zero-order valence-corrected chi connectivity index (χ0v) is 21.1. The molecular weight excluding hydrogens is 498 g/mol. The van der Waals surface area contributed by atoms with Crippen molar-refractivity contribution in [2.24, 2.45) is 0 Å². The summed E-state index contributed by atoms with van der Waals surface area (Å²) in [5.74, 6) is 0.0669. The Hall–Kier alpha value is -3.83. The third kappa shape index (κ3) is 7.11. The second-order valence-corrected chi connectivity index (χ2v) is 9.12. The molecule has 0 atom stereocenters. The van der Waals surface area contributed by atoms with Crippen LogP contribution in [-0.2, 0) is 19.1 Å². The lowest BCUT2D eigenvalue weighted by Gasteiger charge is -2.26. The van der Waals surface area contributed by atoms with Gasteiger partial charge < -0.3 is 24.4 Å². The summed E-state index contributed by atoms with van der Waals surface area (Å²) in [7, 11) is 0. The summed E-state index contributed by atoms with van der Waals surface area (Å²) < 4.78 is 16.2. The van der Waals surface area contributed by atoms with Crippen LogP contribution in [-0.4, -0.2) is 78.8 Å². The molecule has 194 valence electrons. The van der Waals surface area contributed by atoms with Crippen molar-refractivity contribution in [3.8, 4) is 11.5 Å². The van der Waals surface area contributed by atoms with Crippen LogP contribution in [0.2, 0.25) is 0 Å². The zero-order valence-electron chi connectivity index (χ0n) is 20.3. The summed E-state index contributed by atoms with van der Waals surface area (Å²) in [5, 5.41) is 2.16. The minimum Gasteiger partial charge on any atom is -0.494 e. The molecule has 2 aliphatic rings. The molecule has 2 aliphatic heterocycles. The van der Waals surface area contributed by atoms with E-state index in [0.29, 0.717) is 55.7 Å². The number of carbonyl (C=O) groups excluding carboxylic acids is 4. The predicted octanol–water partition coefficient (Wildman–Crippen LogP) is 3.00. The average Bonchev–Trinajstić information content (AvgIpc) is 3.17. The highest BCUT2D eigenvalue weighted by atomic mass is 32.2. The molecule has 2 aromatic rings. The van der Waals surface area contributed by atoms with Crippen LogP contribution in [0.25, 0.3) is 6.08 Å². The normalized spacial score (nSPS) is 16.7. The fourth-order valence-electron chi connectivity index (χ4n) is 3.64. The van der Waals surface area contributed by atoms with E-state index in [1.54, 1.807) is 59.5 Å². The zero-order chi connectivity index (χ0) is 26.2. The van der Waals surface area contributed by atoms with E-state index >= 15 is 0 Å². The van der Waals surface area contributed by atoms with E-state index in [1.165, 1.54) is 0 Å². The van der Waals surface area contributed by atoms with Crippen LogP contribution in [0.15, 0.2) is 53.4 Å². The SMILES string of the molecule is CCOc1ccc(NC(=O)CN2C(=O)S/C(=C/c3ccc(OCC(=O)N4CCOCC4)cc3)C2=O)cc1. The molecule has 4 amide bonds. The van der Waals surface area contributed by atoms with Gasteiger partial charge in [0, 0.05) is 18.8 Å². The van der Waals surface area contributed by atoms with Gasteiger partial charge in [-0.05, 0) is 66.7 Å². The van der Waals surface area contributed by atoms with E-state index in [1.807, 2.05) is 6.92 Å². The molecule has 11 heteroatoms. The highest BCUT2D eigenvalue weighted by Crippen LogP contribution is 2.32. The number of rotatable bonds is 9. The molecule has 0 aromatic heterocycles. The first kappa shape index (κ1) is 26.2. The Morgan fingerprint density at radius 1 is 1.00 bits per heavy atom. The standard InChI is InChI=1S/C26H27N3O7S/c1-2-35-20-9-5-19(6-10-20)27-23(30)16-29-25(32)22(37-26(29)33)15-18-3-7-21(8-4-18)36-17-24(31)28-11-13-34-14-12-28/h3-10,15H,2,11-14,16-17H2,1H3,(H,27,30)/b22-15+. The van der Waals surface area contributed by atoms with E-state index in [2.05, 4.69) is 5.32 Å². The van der Waals surface area contributed by atoms with Crippen molar-refractivity contribution >= 4 is 46.5 Å². The summed E-state index contributed by atoms with van der Waals surface area (Å²) in [6, 6.07) is 13.6. The van der Waals surface area contributed by atoms with Crippen molar-refractivity contribution in [3.63, 3.8) is 0 Å². The van der Waals surface area contributed by atoms with Gasteiger partial charge in [-0.15, -0.1) is 0 Å². The number of benzene rings is 2. The Kier molecular flexibility index (Phi) is 8.81. The first-order chi connectivity index (χ1) is 17.9. The maximum absolute atomic E-state index is 12.8. The Bertz CT molecular complexity index is 1180. The Labute approximate surface area is 218 Å². The van der Waals surface area contributed by atoms with Gasteiger partial charge in [-0.3, -0.25) is 24.1 Å². The molecule has 0 bridgehead atoms. The highest BCUT2D eigenvalue weighted by molar-refractivity contribution is 8.18. The first-order valence-electron chi connectivity index (χ1n) is 11.8. The summed E-state index contributed by atoms with van der Waals surface area (Å²) >= 11 is 0.777. The number of ether oxygens (including phenoxy) is 3. The Morgan fingerprint density at radius 3 is 2.32 bits per heavy atom. The molecule has 2 heterocycles. The quantitative estimate of drug-likeness (QED) is 0.497. The molecule has 2 fully saturated rings. The summed E-state index contributed by atoms with van der Waals surface area (Å²) in [5.41, 5.74) is 1.21. The molecule has 0 saturated carbocycles. The van der Waals surface area contributed by atoms with Gasteiger partial charge in [0.15, 0.2) is 6.61 Å². The van der Waals surface area contributed by atoms with Gasteiger partial charge in [-0.1, -0.05) is 12.1 Å². The molecular formula is C26H27N3O7S. The van der Waals surface area contributed by atoms with Gasteiger partial charge in [0.2, 0.25) is 5.91 Å². The van der Waals surface area contributed by atoms with Crippen molar-refractivity contribution in [1.82, 2.24) is 9.80 Å². The van der Waals surface area contributed by atoms with Crippen LogP contribution in [0.3, 0.4) is 0 Å². The number of anilines is 1. The van der Waals surface area contributed by atoms with Crippen molar-refractivity contribution in [2.75, 3.05) is 51.4 Å². The summed E-state index contributed by atoms with van der Waals surface area (Å²) in [6.07, 6.45) is 1.58. The van der Waals surface area contributed by atoms with Gasteiger partial charge >= 0.3 is 0 Å². The van der Waals surface area contributed by atoms with Crippen LogP contribution in [0, 0.1) is 0 Å². The lowest BCUT2D eigenvalue weighted by Crippen LogP contribution is -2.42. The van der Waals surface area contributed by atoms with Crippen LogP contribution < -0.4 is 14.8 Å². The third-order valence-corrected chi connectivity index (χ3v) is 6.44. The molecule has 0 unspecified atom stereocenters. The van der Waals surface area contributed by atoms with E-state index in [-0.39, 0.29) is 24.0 Å². The van der Waals surface area contributed by atoms with Gasteiger partial charge in [0.25, 0.3) is 17.1 Å². The number of hydrogen-bond acceptors (Lipinski definition) is 8.